The molecule has 3 aromatic rings. The normalized spacial score (nSPS) is 23.1. The van der Waals surface area contributed by atoms with Crippen molar-refractivity contribution in [2.45, 2.75) is 37.5 Å². The molecule has 0 amide bonds. The van der Waals surface area contributed by atoms with Crippen molar-refractivity contribution in [2.75, 3.05) is 38.5 Å². The molecule has 0 saturated heterocycles. The fourth-order valence-corrected chi connectivity index (χ4v) is 4.64. The van der Waals surface area contributed by atoms with Crippen LogP contribution in [0.25, 0.3) is 11.0 Å². The van der Waals surface area contributed by atoms with Gasteiger partial charge < -0.3 is 30.7 Å². The van der Waals surface area contributed by atoms with E-state index in [1.807, 2.05) is 29.9 Å². The minimum Gasteiger partial charge on any atom is -0.390 e. The van der Waals surface area contributed by atoms with Gasteiger partial charge in [-0.3, -0.25) is 0 Å². The lowest BCUT2D eigenvalue weighted by Crippen LogP contribution is -2.34. The largest absolute Gasteiger partial charge is 0.390 e. The number of rotatable bonds is 11. The fourth-order valence-electron chi connectivity index (χ4n) is 4.64. The number of anilines is 1. The van der Waals surface area contributed by atoms with Gasteiger partial charge >= 0.3 is 0 Å². The summed E-state index contributed by atoms with van der Waals surface area (Å²) in [6, 6.07) is 12.3. The van der Waals surface area contributed by atoms with E-state index in [1.54, 1.807) is 0 Å². The van der Waals surface area contributed by atoms with Gasteiger partial charge in [-0.15, -0.1) is 0 Å². The van der Waals surface area contributed by atoms with Crippen molar-refractivity contribution in [3.05, 3.63) is 54.5 Å². The highest BCUT2D eigenvalue weighted by atomic mass is 16.3. The van der Waals surface area contributed by atoms with Crippen molar-refractivity contribution in [3.63, 3.8) is 0 Å². The number of aliphatic hydroxyl groups is 2. The minimum absolute atomic E-state index is 0.00379. The maximum atomic E-state index is 10.7. The predicted molar refractivity (Wildman–Crippen MR) is 127 cm³/mol. The number of hydrogen-bond donors (Lipinski definition) is 5. The molecule has 1 aromatic carbocycles. The smallest absolute Gasteiger partial charge is 0.145 e. The van der Waals surface area contributed by atoms with E-state index in [1.165, 1.54) is 11.9 Å². The molecule has 172 valence electrons. The molecule has 1 aliphatic carbocycles. The van der Waals surface area contributed by atoms with E-state index in [-0.39, 0.29) is 12.0 Å². The lowest BCUT2D eigenvalue weighted by Gasteiger charge is -2.19. The molecular weight excluding hydrogens is 404 g/mol. The molecule has 8 nitrogen and oxygen atoms in total. The first-order valence-electron chi connectivity index (χ1n) is 11.5. The summed E-state index contributed by atoms with van der Waals surface area (Å²) in [5.74, 6) is 0.765. The van der Waals surface area contributed by atoms with Gasteiger partial charge in [0.1, 0.15) is 23.9 Å². The van der Waals surface area contributed by atoms with Gasteiger partial charge in [0, 0.05) is 25.7 Å². The van der Waals surface area contributed by atoms with Gasteiger partial charge in [-0.2, -0.15) is 0 Å². The van der Waals surface area contributed by atoms with E-state index in [2.05, 4.69) is 50.2 Å². The molecule has 0 bridgehead atoms. The Morgan fingerprint density at radius 2 is 1.81 bits per heavy atom. The molecule has 5 N–H and O–H groups in total. The maximum Gasteiger partial charge on any atom is 0.145 e. The average molecular weight is 439 g/mol. The number of nitrogens with one attached hydrogen (secondary N) is 3. The fraction of sp³-hybridized carbons (Fsp3) is 0.500. The molecule has 0 aliphatic heterocycles. The number of hydrogen-bond acceptors (Lipinski definition) is 7. The van der Waals surface area contributed by atoms with E-state index in [0.29, 0.717) is 13.0 Å². The molecule has 4 rings (SSSR count). The first kappa shape index (κ1) is 22.7. The molecule has 0 radical (unpaired) electrons. The molecule has 0 spiro atoms. The van der Waals surface area contributed by atoms with Crippen molar-refractivity contribution >= 4 is 16.9 Å². The molecule has 1 aliphatic rings. The lowest BCUT2D eigenvalue weighted by atomic mass is 10.1. The molecule has 1 fully saturated rings. The highest BCUT2D eigenvalue weighted by Crippen LogP contribution is 2.37. The first-order chi connectivity index (χ1) is 15.7. The van der Waals surface area contributed by atoms with Gasteiger partial charge in [-0.1, -0.05) is 30.3 Å². The van der Waals surface area contributed by atoms with Crippen LogP contribution in [0.15, 0.2) is 48.9 Å². The lowest BCUT2D eigenvalue weighted by molar-refractivity contribution is 0.00694. The third-order valence-corrected chi connectivity index (χ3v) is 6.42. The molecule has 8 heteroatoms. The topological polar surface area (TPSA) is 107 Å². The molecular formula is C24H34N6O2. The average Bonchev–Trinajstić information content (AvgIpc) is 3.37. The molecule has 1 saturated carbocycles. The standard InChI is InChI=1S/C24H34N6O2/c1-25-23-19-9-13-30(24(19)29-16-28-23)20-14-18(21(31)22(20)32)15-27-11-5-10-26-12-8-17-6-3-2-4-7-17/h2-4,6-7,9,13,16,18,20-22,26-27,31-32H,5,8,10-12,14-15H2,1H3,(H,25,28,29)/t18-,20-,21-,22+/m1/s1. The Balaban J connectivity index is 1.20. The van der Waals surface area contributed by atoms with Crippen LogP contribution in [0.4, 0.5) is 5.82 Å². The summed E-state index contributed by atoms with van der Waals surface area (Å²) in [4.78, 5) is 8.65. The molecule has 4 atom stereocenters. The van der Waals surface area contributed by atoms with Crippen LogP contribution in [0.2, 0.25) is 0 Å². The van der Waals surface area contributed by atoms with Gasteiger partial charge in [-0.05, 0) is 50.5 Å². The second-order valence-corrected chi connectivity index (χ2v) is 8.52. The Hall–Kier alpha value is -2.52. The van der Waals surface area contributed by atoms with Crippen LogP contribution >= 0.6 is 0 Å². The Morgan fingerprint density at radius 1 is 1.00 bits per heavy atom. The summed E-state index contributed by atoms with van der Waals surface area (Å²) in [7, 11) is 1.83. The van der Waals surface area contributed by atoms with Gasteiger partial charge in [-0.25, -0.2) is 9.97 Å². The van der Waals surface area contributed by atoms with Crippen LogP contribution in [-0.2, 0) is 6.42 Å². The van der Waals surface area contributed by atoms with E-state index < -0.39 is 12.2 Å². The van der Waals surface area contributed by atoms with Gasteiger partial charge in [0.15, 0.2) is 0 Å². The van der Waals surface area contributed by atoms with Gasteiger partial charge in [0.05, 0.1) is 17.5 Å². The number of aliphatic hydroxyl groups excluding tert-OH is 2. The predicted octanol–water partition coefficient (Wildman–Crippen LogP) is 1.57. The summed E-state index contributed by atoms with van der Waals surface area (Å²) in [6.07, 6.45) is 4.65. The number of aromatic nitrogens is 3. The molecule has 32 heavy (non-hydrogen) atoms. The van der Waals surface area contributed by atoms with Crippen LogP contribution in [0.5, 0.6) is 0 Å². The Kier molecular flexibility index (Phi) is 7.70. The van der Waals surface area contributed by atoms with Gasteiger partial charge in [0.25, 0.3) is 0 Å². The van der Waals surface area contributed by atoms with Crippen LogP contribution in [0.3, 0.4) is 0 Å². The number of benzene rings is 1. The minimum atomic E-state index is -0.815. The van der Waals surface area contributed by atoms with Crippen molar-refractivity contribution < 1.29 is 10.2 Å². The first-order valence-corrected chi connectivity index (χ1v) is 11.5. The second-order valence-electron chi connectivity index (χ2n) is 8.52. The Labute approximate surface area is 189 Å². The van der Waals surface area contributed by atoms with Crippen molar-refractivity contribution in [1.29, 1.82) is 0 Å². The van der Waals surface area contributed by atoms with Crippen molar-refractivity contribution in [3.8, 4) is 0 Å². The zero-order valence-electron chi connectivity index (χ0n) is 18.6. The van der Waals surface area contributed by atoms with Crippen LogP contribution in [0, 0.1) is 5.92 Å². The highest BCUT2D eigenvalue weighted by molar-refractivity contribution is 5.87. The van der Waals surface area contributed by atoms with E-state index in [0.717, 1.165) is 49.3 Å². The summed E-state index contributed by atoms with van der Waals surface area (Å²) >= 11 is 0. The molecule has 2 aromatic heterocycles. The zero-order valence-corrected chi connectivity index (χ0v) is 18.6. The quantitative estimate of drug-likeness (QED) is 0.289. The van der Waals surface area contributed by atoms with E-state index in [9.17, 15) is 10.2 Å². The van der Waals surface area contributed by atoms with E-state index in [4.69, 9.17) is 0 Å². The Morgan fingerprint density at radius 3 is 2.62 bits per heavy atom. The van der Waals surface area contributed by atoms with Crippen molar-refractivity contribution in [1.82, 2.24) is 25.2 Å². The SMILES string of the molecule is CNc1ncnc2c1ccn2[C@@H]1C[C@H](CNCCCNCCc2ccccc2)[C@@H](O)[C@H]1O. The number of fused-ring (bicyclic) bond motifs is 1. The highest BCUT2D eigenvalue weighted by Gasteiger charge is 2.42. The van der Waals surface area contributed by atoms with Crippen LogP contribution < -0.4 is 16.0 Å². The van der Waals surface area contributed by atoms with Crippen molar-refractivity contribution in [2.24, 2.45) is 5.92 Å². The summed E-state index contributed by atoms with van der Waals surface area (Å²) in [6.45, 7) is 3.51. The zero-order chi connectivity index (χ0) is 22.3. The maximum absolute atomic E-state index is 10.7. The van der Waals surface area contributed by atoms with E-state index >= 15 is 0 Å². The third-order valence-electron chi connectivity index (χ3n) is 6.42. The summed E-state index contributed by atoms with van der Waals surface area (Å²) in [5, 5.41) is 32.3. The monoisotopic (exact) mass is 438 g/mol. The third kappa shape index (κ3) is 5.10. The Bertz CT molecular complexity index is 979. The molecule has 0 unspecified atom stereocenters. The summed E-state index contributed by atoms with van der Waals surface area (Å²) < 4.78 is 1.97. The second kappa shape index (κ2) is 10.9. The number of nitrogens with zero attached hydrogens (tertiary/aromatic N) is 3. The van der Waals surface area contributed by atoms with Crippen LogP contribution in [0.1, 0.15) is 24.4 Å². The summed E-state index contributed by atoms with van der Waals surface area (Å²) in [5.41, 5.74) is 2.13. The molecule has 2 heterocycles. The van der Waals surface area contributed by atoms with Crippen LogP contribution in [-0.4, -0.2) is 70.2 Å². The van der Waals surface area contributed by atoms with Gasteiger partial charge in [0.2, 0.25) is 0 Å².